The minimum atomic E-state index is -0.622. The van der Waals surface area contributed by atoms with Crippen LogP contribution < -0.4 is 21.8 Å². The Labute approximate surface area is 86.4 Å². The molecule has 1 aromatic rings. The smallest absolute Gasteiger partial charge is 0.292 e. The maximum atomic E-state index is 11.6. The minimum Gasteiger partial charge on any atom is -0.478 e. The normalized spacial score (nSPS) is 9.93. The second-order valence-corrected chi connectivity index (χ2v) is 2.91. The third-order valence-electron chi connectivity index (χ3n) is 1.73. The molecule has 0 spiro atoms. The molecule has 0 atom stereocenters. The highest BCUT2D eigenvalue weighted by Gasteiger charge is 2.04. The van der Waals surface area contributed by atoms with Gasteiger partial charge in [0, 0.05) is 19.3 Å². The molecule has 6 heteroatoms. The third kappa shape index (κ3) is 3.10. The quantitative estimate of drug-likeness (QED) is 0.630. The van der Waals surface area contributed by atoms with E-state index in [-0.39, 0.29) is 17.9 Å². The predicted molar refractivity (Wildman–Crippen MR) is 54.4 cm³/mol. The van der Waals surface area contributed by atoms with E-state index < -0.39 is 5.91 Å². The number of nitrogens with zero attached hydrogens (tertiary/aromatic N) is 1. The van der Waals surface area contributed by atoms with Crippen LogP contribution in [0, 0.1) is 0 Å². The first-order chi connectivity index (χ1) is 7.15. The van der Waals surface area contributed by atoms with Gasteiger partial charge < -0.3 is 20.8 Å². The molecule has 82 valence electrons. The van der Waals surface area contributed by atoms with Gasteiger partial charge in [0.2, 0.25) is 0 Å². The summed E-state index contributed by atoms with van der Waals surface area (Å²) in [7, 11) is 0. The number of rotatable bonds is 5. The van der Waals surface area contributed by atoms with Crippen molar-refractivity contribution >= 4 is 5.91 Å². The summed E-state index contributed by atoms with van der Waals surface area (Å²) in [5.41, 5.74) is 9.91. The first-order valence-corrected chi connectivity index (χ1v) is 4.45. The molecule has 0 aliphatic heterocycles. The first kappa shape index (κ1) is 11.3. The highest BCUT2D eigenvalue weighted by atomic mass is 16.5. The monoisotopic (exact) mass is 211 g/mol. The summed E-state index contributed by atoms with van der Waals surface area (Å²) >= 11 is 0. The molecule has 0 radical (unpaired) electrons. The maximum Gasteiger partial charge on any atom is 0.292 e. The first-order valence-electron chi connectivity index (χ1n) is 4.45. The molecule has 0 saturated carbocycles. The van der Waals surface area contributed by atoms with Crippen molar-refractivity contribution in [3.05, 3.63) is 28.7 Å². The number of aromatic nitrogens is 1. The summed E-state index contributed by atoms with van der Waals surface area (Å²) in [6.45, 7) is 0.466. The topological polar surface area (TPSA) is 100 Å². The molecule has 0 fully saturated rings. The SMILES string of the molecule is NCCn1cccc(OCC(N)=O)c1=O. The van der Waals surface area contributed by atoms with E-state index in [1.165, 1.54) is 10.6 Å². The Morgan fingerprint density at radius 3 is 2.87 bits per heavy atom. The van der Waals surface area contributed by atoms with E-state index in [1.807, 2.05) is 0 Å². The highest BCUT2D eigenvalue weighted by Crippen LogP contribution is 2.01. The van der Waals surface area contributed by atoms with Gasteiger partial charge in [0.25, 0.3) is 11.5 Å². The number of hydrogen-bond acceptors (Lipinski definition) is 4. The molecule has 0 aliphatic rings. The van der Waals surface area contributed by atoms with Gasteiger partial charge in [-0.1, -0.05) is 0 Å². The Hall–Kier alpha value is -1.82. The van der Waals surface area contributed by atoms with E-state index in [9.17, 15) is 9.59 Å². The summed E-state index contributed by atoms with van der Waals surface area (Å²) in [5.74, 6) is -0.520. The Morgan fingerprint density at radius 1 is 1.53 bits per heavy atom. The summed E-state index contributed by atoms with van der Waals surface area (Å²) in [5, 5.41) is 0. The van der Waals surface area contributed by atoms with Crippen molar-refractivity contribution in [1.29, 1.82) is 0 Å². The Bertz CT molecular complexity index is 400. The number of carbonyl (C=O) groups is 1. The molecular formula is C9H13N3O3. The average molecular weight is 211 g/mol. The van der Waals surface area contributed by atoms with Crippen LogP contribution in [0.4, 0.5) is 0 Å². The lowest BCUT2D eigenvalue weighted by atomic mass is 10.4. The Balaban J connectivity index is 2.84. The molecule has 0 aliphatic carbocycles. The number of pyridine rings is 1. The van der Waals surface area contributed by atoms with Crippen LogP contribution in [0.2, 0.25) is 0 Å². The van der Waals surface area contributed by atoms with Gasteiger partial charge in [0.05, 0.1) is 0 Å². The van der Waals surface area contributed by atoms with Crippen molar-refractivity contribution in [3.63, 3.8) is 0 Å². The summed E-state index contributed by atoms with van der Waals surface area (Å²) in [6.07, 6.45) is 1.60. The van der Waals surface area contributed by atoms with Crippen LogP contribution in [0.1, 0.15) is 0 Å². The fourth-order valence-electron chi connectivity index (χ4n) is 1.09. The third-order valence-corrected chi connectivity index (χ3v) is 1.73. The van der Waals surface area contributed by atoms with E-state index in [0.29, 0.717) is 13.1 Å². The van der Waals surface area contributed by atoms with E-state index in [4.69, 9.17) is 16.2 Å². The van der Waals surface area contributed by atoms with Gasteiger partial charge in [-0.2, -0.15) is 0 Å². The van der Waals surface area contributed by atoms with E-state index in [0.717, 1.165) is 0 Å². The lowest BCUT2D eigenvalue weighted by Crippen LogP contribution is -2.27. The van der Waals surface area contributed by atoms with Crippen LogP contribution in [-0.4, -0.2) is 23.6 Å². The molecule has 15 heavy (non-hydrogen) atoms. The second kappa shape index (κ2) is 5.16. The van der Waals surface area contributed by atoms with Crippen LogP contribution in [0.25, 0.3) is 0 Å². The molecule has 1 amide bonds. The largest absolute Gasteiger partial charge is 0.478 e. The summed E-state index contributed by atoms with van der Waals surface area (Å²) < 4.78 is 6.35. The lowest BCUT2D eigenvalue weighted by Gasteiger charge is -2.06. The second-order valence-electron chi connectivity index (χ2n) is 2.91. The molecule has 4 N–H and O–H groups in total. The average Bonchev–Trinajstić information content (AvgIpc) is 2.19. The standard InChI is InChI=1S/C9H13N3O3/c10-3-5-12-4-1-2-7(9(12)14)15-6-8(11)13/h1-2,4H,3,5-6,10H2,(H2,11,13). The number of amides is 1. The van der Waals surface area contributed by atoms with Gasteiger partial charge in [-0.3, -0.25) is 9.59 Å². The van der Waals surface area contributed by atoms with Crippen LogP contribution in [-0.2, 0) is 11.3 Å². The zero-order valence-electron chi connectivity index (χ0n) is 8.18. The van der Waals surface area contributed by atoms with Crippen LogP contribution in [0.15, 0.2) is 23.1 Å². The highest BCUT2D eigenvalue weighted by molar-refractivity contribution is 5.75. The summed E-state index contributed by atoms with van der Waals surface area (Å²) in [6, 6.07) is 3.13. The van der Waals surface area contributed by atoms with Gasteiger partial charge in [-0.15, -0.1) is 0 Å². The molecular weight excluding hydrogens is 198 g/mol. The molecule has 0 unspecified atom stereocenters. The van der Waals surface area contributed by atoms with E-state index in [1.54, 1.807) is 12.3 Å². The van der Waals surface area contributed by atoms with Gasteiger partial charge in [-0.05, 0) is 12.1 Å². The molecule has 1 aromatic heterocycles. The Kier molecular flexibility index (Phi) is 3.87. The molecule has 0 saturated heterocycles. The van der Waals surface area contributed by atoms with Crippen molar-refractivity contribution in [2.75, 3.05) is 13.2 Å². The molecule has 0 bridgehead atoms. The minimum absolute atomic E-state index is 0.102. The molecule has 6 nitrogen and oxygen atoms in total. The zero-order valence-corrected chi connectivity index (χ0v) is 8.18. The van der Waals surface area contributed by atoms with Gasteiger partial charge in [-0.25, -0.2) is 0 Å². The molecule has 1 heterocycles. The van der Waals surface area contributed by atoms with Gasteiger partial charge in [0.15, 0.2) is 12.4 Å². The van der Waals surface area contributed by atoms with Crippen molar-refractivity contribution in [1.82, 2.24) is 4.57 Å². The van der Waals surface area contributed by atoms with Crippen molar-refractivity contribution in [2.24, 2.45) is 11.5 Å². The molecule has 0 aromatic carbocycles. The van der Waals surface area contributed by atoms with Gasteiger partial charge >= 0.3 is 0 Å². The van der Waals surface area contributed by atoms with Crippen LogP contribution in [0.5, 0.6) is 5.75 Å². The van der Waals surface area contributed by atoms with Crippen molar-refractivity contribution in [3.8, 4) is 5.75 Å². The maximum absolute atomic E-state index is 11.6. The lowest BCUT2D eigenvalue weighted by molar-refractivity contribution is -0.119. The predicted octanol–water partition coefficient (Wildman–Crippen LogP) is -1.33. The Morgan fingerprint density at radius 2 is 2.27 bits per heavy atom. The fraction of sp³-hybridized carbons (Fsp3) is 0.333. The van der Waals surface area contributed by atoms with Crippen LogP contribution >= 0.6 is 0 Å². The number of carbonyl (C=O) groups excluding carboxylic acids is 1. The fourth-order valence-corrected chi connectivity index (χ4v) is 1.09. The number of hydrogen-bond donors (Lipinski definition) is 2. The van der Waals surface area contributed by atoms with Crippen molar-refractivity contribution in [2.45, 2.75) is 6.54 Å². The zero-order chi connectivity index (χ0) is 11.3. The van der Waals surface area contributed by atoms with E-state index >= 15 is 0 Å². The number of primary amides is 1. The van der Waals surface area contributed by atoms with Gasteiger partial charge in [0.1, 0.15) is 0 Å². The number of ether oxygens (including phenoxy) is 1. The van der Waals surface area contributed by atoms with Crippen LogP contribution in [0.3, 0.4) is 0 Å². The number of nitrogens with two attached hydrogens (primary N) is 2. The van der Waals surface area contributed by atoms with E-state index in [2.05, 4.69) is 0 Å². The summed E-state index contributed by atoms with van der Waals surface area (Å²) in [4.78, 5) is 22.1. The molecule has 1 rings (SSSR count). The van der Waals surface area contributed by atoms with Crippen molar-refractivity contribution < 1.29 is 9.53 Å².